The van der Waals surface area contributed by atoms with Crippen molar-refractivity contribution in [3.8, 4) is 34.6 Å². The molecule has 0 aliphatic carbocycles. The molecule has 0 spiro atoms. The van der Waals surface area contributed by atoms with Gasteiger partial charge in [0.2, 0.25) is 0 Å². The first-order valence-corrected chi connectivity index (χ1v) is 49.6. The van der Waals surface area contributed by atoms with E-state index < -0.39 is 104 Å². The number of aromatic nitrogens is 4. The van der Waals surface area contributed by atoms with Crippen molar-refractivity contribution in [2.24, 2.45) is 11.5 Å². The Morgan fingerprint density at radius 3 is 0.993 bits per heavy atom. The third kappa shape index (κ3) is 22.8. The highest BCUT2D eigenvalue weighted by Crippen LogP contribution is 2.35. The average molecular weight is 2100 g/mol. The molecule has 16 N–H and O–H groups in total. The van der Waals surface area contributed by atoms with Gasteiger partial charge in [-0.2, -0.15) is 5.26 Å². The molecule has 0 bridgehead atoms. The number of nitrogens with two attached hydrogens (primary N) is 2. The molecule has 138 heavy (non-hydrogen) atoms. The van der Waals surface area contributed by atoms with E-state index >= 15 is 0 Å². The monoisotopic (exact) mass is 2100 g/mol. The molecule has 0 saturated carbocycles. The molecule has 8 aromatic carbocycles. The van der Waals surface area contributed by atoms with E-state index in [1.54, 1.807) is 87.9 Å². The third-order valence-corrected chi connectivity index (χ3v) is 31.7. The van der Waals surface area contributed by atoms with Gasteiger partial charge in [-0.1, -0.05) is 64.6 Å². The van der Waals surface area contributed by atoms with Gasteiger partial charge >= 0.3 is 24.1 Å². The molecule has 16 aromatic rings. The maximum atomic E-state index is 13.1. The Balaban J connectivity index is 0.000000155. The predicted molar refractivity (Wildman–Crippen MR) is 532 cm³/mol. The second kappa shape index (κ2) is 41.8. The lowest BCUT2D eigenvalue weighted by atomic mass is 10.1. The van der Waals surface area contributed by atoms with Crippen LogP contribution in [0.15, 0.2) is 279 Å². The number of benzene rings is 8. The van der Waals surface area contributed by atoms with Gasteiger partial charge in [-0.25, -0.2) is 71.7 Å². The standard InChI is InChI=1S/C22H18ClN5O5S2.C22H16ClN5O4S2.C21H16ClN5O6S2.C21H15ClN4O6S2/c1-25-13-4-7-15-16(10-13)17(20(24)29)11-28(21(15)30)14-5-2-12(3-6-14)26-22(31)27-35(32,33)19-9-8-18(23)34-19;1-25-15-4-7-17-18(10-15)13(11-24)12-28(21(17)29)16-5-2-14(3-6-16)26-22(30)27-34(31,32)20-9-8-19(23)33-20;1-23-13-4-7-15-16(10-13)17(27(30)31)11-26(20(15)28)14-5-2-12(3-6-14)24-21(29)25-35(32,33)19-9-8-18(22)34-19;22-15-9-10-16(33-15)34(31,32)25-21(30)24-11-5-7-12(8-6-11)26-17(19(23)28)18(27)13-3-1-2-4-14(13)20(26)29/h2-11,25H,1H3,(H2,24,29)(H2,26,27,31);2-10,12,25H,1H3,(H2,26,27,30);2-11,23H,1H3,(H2,24,25,29);1-10,27H,(H2,23,28)(H2,24,25,30). The van der Waals surface area contributed by atoms with Gasteiger partial charge in [-0.05, 0) is 206 Å². The van der Waals surface area contributed by atoms with E-state index in [9.17, 15) is 102 Å². The number of nitrogens with zero attached hydrogens (tertiary/aromatic N) is 6. The summed E-state index contributed by atoms with van der Waals surface area (Å²) >= 11 is 26.2. The van der Waals surface area contributed by atoms with Crippen molar-refractivity contribution in [1.29, 1.82) is 5.26 Å². The molecule has 8 aromatic heterocycles. The molecule has 10 amide bonds. The smallest absolute Gasteiger partial charge is 0.333 e. The average Bonchev–Trinajstić information content (AvgIpc) is 1.28. The number of fused-ring (bicyclic) bond motifs is 4. The first-order chi connectivity index (χ1) is 65.5. The summed E-state index contributed by atoms with van der Waals surface area (Å²) < 4.78 is 111. The first kappa shape index (κ1) is 99.9. The number of hydrogen-bond donors (Lipinski definition) is 14. The number of rotatable bonds is 22. The normalized spacial score (nSPS) is 11.2. The van der Waals surface area contributed by atoms with E-state index in [1.807, 2.05) is 18.9 Å². The number of anilines is 7. The van der Waals surface area contributed by atoms with E-state index in [-0.39, 0.29) is 101 Å². The number of thiophene rings is 4. The molecule has 0 saturated heterocycles. The second-order valence-corrected chi connectivity index (χ2v) is 42.8. The van der Waals surface area contributed by atoms with Crippen LogP contribution in [0.5, 0.6) is 5.75 Å². The number of carbonyl (C=O) groups is 6. The predicted octanol–water partition coefficient (Wildman–Crippen LogP) is 14.7. The van der Waals surface area contributed by atoms with Gasteiger partial charge in [0.1, 0.15) is 22.9 Å². The zero-order valence-corrected chi connectivity index (χ0v) is 79.9. The quantitative estimate of drug-likeness (QED) is 0.0221. The second-order valence-electron chi connectivity index (χ2n) is 28.3. The number of nitro groups is 1. The number of nitrogens with one attached hydrogen (secondary N) is 11. The fourth-order valence-corrected chi connectivity index (χ4v) is 22.7. The van der Waals surface area contributed by atoms with E-state index in [4.69, 9.17) is 57.9 Å². The molecule has 16 rings (SSSR count). The van der Waals surface area contributed by atoms with Crippen LogP contribution < -0.4 is 89.8 Å². The summed E-state index contributed by atoms with van der Waals surface area (Å²) in [5, 5.41) is 52.6. The SMILES string of the molecule is CNc1ccc2c(=O)n(-c3ccc(NC(=O)NS(=O)(=O)c4ccc(Cl)s4)cc3)cc(C#N)c2c1.CNc1ccc2c(=O)n(-c3ccc(NC(=O)NS(=O)(=O)c4ccc(Cl)s4)cc3)cc(C(N)=O)c2c1.CNc1ccc2c(=O)n(-c3ccc(NC(=O)NS(=O)(=O)c4ccc(Cl)s4)cc3)cc([N+](=O)[O-])c2c1.NC(=O)c1c(O)c2ccccc2c(=O)n1-c1ccc(NC(=O)NS(=O)(=O)c2ccc(Cl)s2)cc1. The van der Waals surface area contributed by atoms with Crippen molar-refractivity contribution < 1.29 is 72.5 Å². The lowest BCUT2D eigenvalue weighted by Crippen LogP contribution is -2.34. The van der Waals surface area contributed by atoms with Crippen LogP contribution in [0.25, 0.3) is 65.8 Å². The van der Waals surface area contributed by atoms with Crippen molar-refractivity contribution in [2.45, 2.75) is 16.8 Å². The van der Waals surface area contributed by atoms with E-state index in [0.717, 1.165) is 72.1 Å². The van der Waals surface area contributed by atoms with Gasteiger partial charge in [0.05, 0.1) is 55.8 Å². The number of urea groups is 4. The first-order valence-electron chi connectivity index (χ1n) is 38.9. The third-order valence-electron chi connectivity index (χ3n) is 19.5. The minimum Gasteiger partial charge on any atom is -0.505 e. The molecular weight excluding hydrogens is 2030 g/mol. The molecule has 0 atom stereocenters. The number of carbonyl (C=O) groups excluding carboxylic acids is 6. The van der Waals surface area contributed by atoms with Crippen molar-refractivity contribution in [1.82, 2.24) is 37.2 Å². The zero-order chi connectivity index (χ0) is 99.7. The number of halogens is 4. The van der Waals surface area contributed by atoms with E-state index in [1.165, 1.54) is 179 Å². The maximum absolute atomic E-state index is 13.1. The minimum absolute atomic E-state index is 0.0891. The molecule has 52 heteroatoms. The molecule has 706 valence electrons. The van der Waals surface area contributed by atoms with Gasteiger partial charge < -0.3 is 53.8 Å². The number of nitriles is 1. The van der Waals surface area contributed by atoms with Crippen molar-refractivity contribution >= 4 is 256 Å². The molecule has 0 unspecified atom stereocenters. The van der Waals surface area contributed by atoms with Gasteiger partial charge in [0.25, 0.3) is 79.8 Å². The molecular formula is C86H65Cl4N19O21S8. The number of hydrogen-bond acceptors (Lipinski definition) is 29. The Labute approximate surface area is 814 Å². The van der Waals surface area contributed by atoms with Crippen LogP contribution in [0.1, 0.15) is 26.4 Å². The van der Waals surface area contributed by atoms with Crippen molar-refractivity contribution in [2.75, 3.05) is 58.4 Å². The summed E-state index contributed by atoms with van der Waals surface area (Å²) in [6, 6.07) is 53.5. The molecule has 8 heterocycles. The largest absolute Gasteiger partial charge is 0.505 e. The fourth-order valence-electron chi connectivity index (χ4n) is 13.2. The Hall–Kier alpha value is -15.5. The molecule has 0 aliphatic heterocycles. The van der Waals surface area contributed by atoms with Gasteiger partial charge in [-0.15, -0.1) is 45.3 Å². The number of amides is 10. The minimum atomic E-state index is -4.11. The number of sulfonamides is 4. The summed E-state index contributed by atoms with van der Waals surface area (Å²) in [6.45, 7) is 0. The molecule has 0 fully saturated rings. The van der Waals surface area contributed by atoms with Crippen LogP contribution in [-0.4, -0.2) is 119 Å². The van der Waals surface area contributed by atoms with Crippen LogP contribution in [-0.2, 0) is 40.1 Å². The van der Waals surface area contributed by atoms with Crippen LogP contribution in [0.2, 0.25) is 17.3 Å². The summed E-state index contributed by atoms with van der Waals surface area (Å²) in [6.07, 6.45) is 3.95. The van der Waals surface area contributed by atoms with Crippen LogP contribution in [0.3, 0.4) is 0 Å². The van der Waals surface area contributed by atoms with E-state index in [2.05, 4.69) is 43.3 Å². The fraction of sp³-hybridized carbons (Fsp3) is 0.0349. The Morgan fingerprint density at radius 1 is 0.377 bits per heavy atom. The van der Waals surface area contributed by atoms with Crippen LogP contribution in [0, 0.1) is 21.4 Å². The molecule has 0 aliphatic rings. The molecule has 0 radical (unpaired) electrons. The highest BCUT2D eigenvalue weighted by molar-refractivity contribution is 7.93. The Kier molecular flexibility index (Phi) is 30.2. The lowest BCUT2D eigenvalue weighted by Gasteiger charge is -2.15. The summed E-state index contributed by atoms with van der Waals surface area (Å²) in [5.74, 6) is -2.15. The Bertz CT molecular complexity index is 8200. The van der Waals surface area contributed by atoms with Crippen LogP contribution in [0.4, 0.5) is 64.7 Å². The highest BCUT2D eigenvalue weighted by Gasteiger charge is 2.28. The van der Waals surface area contributed by atoms with Crippen molar-refractivity contribution in [3.63, 3.8) is 0 Å². The van der Waals surface area contributed by atoms with Gasteiger partial charge in [0, 0.05) is 123 Å². The number of primary amides is 2. The van der Waals surface area contributed by atoms with E-state index in [0.29, 0.717) is 55.5 Å². The summed E-state index contributed by atoms with van der Waals surface area (Å²) in [4.78, 5) is 136. The van der Waals surface area contributed by atoms with Crippen molar-refractivity contribution in [3.05, 3.63) is 329 Å². The number of aromatic hydroxyl groups is 1. The van der Waals surface area contributed by atoms with Gasteiger partial charge in [-0.3, -0.25) is 57.1 Å². The molecule has 40 nitrogen and oxygen atoms in total. The topological polar surface area (TPSA) is 599 Å². The van der Waals surface area contributed by atoms with Crippen LogP contribution >= 0.6 is 91.8 Å². The Morgan fingerprint density at radius 2 is 0.674 bits per heavy atom. The number of pyridine rings is 4. The summed E-state index contributed by atoms with van der Waals surface area (Å²) in [7, 11) is -11.2. The zero-order valence-electron chi connectivity index (χ0n) is 70.3. The lowest BCUT2D eigenvalue weighted by molar-refractivity contribution is -0.383. The maximum Gasteiger partial charge on any atom is 0.333 e. The highest BCUT2D eigenvalue weighted by atomic mass is 35.5. The van der Waals surface area contributed by atoms with Gasteiger partial charge in [0.15, 0.2) is 11.4 Å². The summed E-state index contributed by atoms with van der Waals surface area (Å²) in [5.41, 5.74) is 13.6.